The van der Waals surface area contributed by atoms with Crippen molar-refractivity contribution >= 4 is 11.9 Å². The number of esters is 1. The molecule has 0 aliphatic carbocycles. The van der Waals surface area contributed by atoms with E-state index in [0.29, 0.717) is 5.56 Å². The number of hydrogen-bond donors (Lipinski definition) is 1. The highest BCUT2D eigenvalue weighted by Crippen LogP contribution is 2.23. The van der Waals surface area contributed by atoms with Gasteiger partial charge in [-0.3, -0.25) is 0 Å². The lowest BCUT2D eigenvalue weighted by Crippen LogP contribution is -2.15. The molecule has 0 radical (unpaired) electrons. The smallest absolute Gasteiger partial charge is 0.343 e. The number of benzene rings is 1. The van der Waals surface area contributed by atoms with E-state index in [0.717, 1.165) is 0 Å². The molecular formula is C11H12O5. The number of rotatable bonds is 4. The summed E-state index contributed by atoms with van der Waals surface area (Å²) in [6.07, 6.45) is 0. The third-order valence-corrected chi connectivity index (χ3v) is 2.00. The lowest BCUT2D eigenvalue weighted by molar-refractivity contribution is -0.142. The first-order valence-electron chi connectivity index (χ1n) is 4.58. The normalized spacial score (nSPS) is 9.62. The maximum absolute atomic E-state index is 10.9. The van der Waals surface area contributed by atoms with Crippen molar-refractivity contribution in [2.24, 2.45) is 0 Å². The third kappa shape index (κ3) is 2.73. The Balaban J connectivity index is 2.93. The van der Waals surface area contributed by atoms with Gasteiger partial charge in [-0.1, -0.05) is 12.1 Å². The SMILES string of the molecule is COC(=O)COc1c(C)cccc1C(=O)O. The molecule has 0 spiro atoms. The highest BCUT2D eigenvalue weighted by molar-refractivity contribution is 5.91. The van der Waals surface area contributed by atoms with Crippen LogP contribution in [0.5, 0.6) is 5.75 Å². The van der Waals surface area contributed by atoms with E-state index < -0.39 is 11.9 Å². The predicted molar refractivity (Wildman–Crippen MR) is 55.6 cm³/mol. The molecule has 0 saturated heterocycles. The summed E-state index contributed by atoms with van der Waals surface area (Å²) in [7, 11) is 1.24. The summed E-state index contributed by atoms with van der Waals surface area (Å²) in [4.78, 5) is 21.8. The van der Waals surface area contributed by atoms with Gasteiger partial charge in [0.25, 0.3) is 0 Å². The van der Waals surface area contributed by atoms with E-state index in [2.05, 4.69) is 4.74 Å². The predicted octanol–water partition coefficient (Wildman–Crippen LogP) is 1.25. The second-order valence-electron chi connectivity index (χ2n) is 3.12. The molecule has 0 unspecified atom stereocenters. The second kappa shape index (κ2) is 5.16. The molecule has 0 atom stereocenters. The number of aryl methyl sites for hydroxylation is 1. The molecule has 1 rings (SSSR count). The van der Waals surface area contributed by atoms with Gasteiger partial charge in [0.1, 0.15) is 11.3 Å². The summed E-state index contributed by atoms with van der Waals surface area (Å²) in [5.74, 6) is -1.46. The number of hydrogen-bond acceptors (Lipinski definition) is 4. The summed E-state index contributed by atoms with van der Waals surface area (Å²) >= 11 is 0. The average Bonchev–Trinajstić information content (AvgIpc) is 2.26. The zero-order valence-electron chi connectivity index (χ0n) is 9.02. The fourth-order valence-electron chi connectivity index (χ4n) is 1.20. The lowest BCUT2D eigenvalue weighted by atomic mass is 10.1. The molecule has 0 bridgehead atoms. The van der Waals surface area contributed by atoms with Crippen LogP contribution in [0.2, 0.25) is 0 Å². The molecule has 86 valence electrons. The highest BCUT2D eigenvalue weighted by atomic mass is 16.6. The van der Waals surface area contributed by atoms with Gasteiger partial charge in [-0.25, -0.2) is 9.59 Å². The molecule has 0 aromatic heterocycles. The van der Waals surface area contributed by atoms with Crippen molar-refractivity contribution in [2.75, 3.05) is 13.7 Å². The molecule has 0 aliphatic rings. The van der Waals surface area contributed by atoms with Crippen LogP contribution in [0.25, 0.3) is 0 Å². The van der Waals surface area contributed by atoms with E-state index in [1.54, 1.807) is 19.1 Å². The van der Waals surface area contributed by atoms with Crippen LogP contribution in [0.4, 0.5) is 0 Å². The molecule has 5 heteroatoms. The average molecular weight is 224 g/mol. The van der Waals surface area contributed by atoms with Gasteiger partial charge in [0.15, 0.2) is 6.61 Å². The lowest BCUT2D eigenvalue weighted by Gasteiger charge is -2.10. The van der Waals surface area contributed by atoms with Gasteiger partial charge in [-0.15, -0.1) is 0 Å². The van der Waals surface area contributed by atoms with Crippen LogP contribution < -0.4 is 4.74 Å². The minimum absolute atomic E-state index is 0.0314. The molecule has 16 heavy (non-hydrogen) atoms. The Kier molecular flexibility index (Phi) is 3.88. The molecule has 5 nitrogen and oxygen atoms in total. The zero-order valence-corrected chi connectivity index (χ0v) is 9.02. The standard InChI is InChI=1S/C11H12O5/c1-7-4-3-5-8(11(13)14)10(7)16-6-9(12)15-2/h3-5H,6H2,1-2H3,(H,13,14). The number of aromatic carboxylic acids is 1. The number of carboxylic acids is 1. The van der Waals surface area contributed by atoms with Crippen LogP contribution in [-0.4, -0.2) is 30.8 Å². The fourth-order valence-corrected chi connectivity index (χ4v) is 1.20. The maximum Gasteiger partial charge on any atom is 0.343 e. The number of para-hydroxylation sites is 1. The van der Waals surface area contributed by atoms with Gasteiger partial charge in [-0.05, 0) is 18.6 Å². The van der Waals surface area contributed by atoms with Gasteiger partial charge in [0, 0.05) is 0 Å². The molecule has 0 amide bonds. The number of methoxy groups -OCH3 is 1. The Morgan fingerprint density at radius 1 is 1.38 bits per heavy atom. The van der Waals surface area contributed by atoms with E-state index in [1.807, 2.05) is 0 Å². The Morgan fingerprint density at radius 2 is 2.06 bits per heavy atom. The minimum atomic E-state index is -1.09. The summed E-state index contributed by atoms with van der Waals surface area (Å²) in [6.45, 7) is 1.40. The van der Waals surface area contributed by atoms with Gasteiger partial charge in [-0.2, -0.15) is 0 Å². The number of carbonyl (C=O) groups excluding carboxylic acids is 1. The van der Waals surface area contributed by atoms with E-state index in [9.17, 15) is 9.59 Å². The number of carbonyl (C=O) groups is 2. The van der Waals surface area contributed by atoms with Crippen molar-refractivity contribution in [1.82, 2.24) is 0 Å². The van der Waals surface area contributed by atoms with Gasteiger partial charge < -0.3 is 14.6 Å². The van der Waals surface area contributed by atoms with E-state index in [4.69, 9.17) is 9.84 Å². The number of carboxylic acid groups (broad SMARTS) is 1. The first-order chi connectivity index (χ1) is 7.56. The molecule has 0 heterocycles. The van der Waals surface area contributed by atoms with Gasteiger partial charge in [0.05, 0.1) is 7.11 Å². The Morgan fingerprint density at radius 3 is 2.62 bits per heavy atom. The van der Waals surface area contributed by atoms with Crippen molar-refractivity contribution in [1.29, 1.82) is 0 Å². The number of ether oxygens (including phenoxy) is 2. The van der Waals surface area contributed by atoms with Crippen molar-refractivity contribution < 1.29 is 24.2 Å². The molecule has 1 aromatic carbocycles. The Hall–Kier alpha value is -2.04. The van der Waals surface area contributed by atoms with Crippen LogP contribution in [0.3, 0.4) is 0 Å². The molecule has 0 fully saturated rings. The van der Waals surface area contributed by atoms with Crippen LogP contribution in [0, 0.1) is 6.92 Å². The van der Waals surface area contributed by atoms with Crippen molar-refractivity contribution in [3.05, 3.63) is 29.3 Å². The van der Waals surface area contributed by atoms with Crippen LogP contribution >= 0.6 is 0 Å². The minimum Gasteiger partial charge on any atom is -0.481 e. The van der Waals surface area contributed by atoms with E-state index in [1.165, 1.54) is 13.2 Å². The molecule has 0 saturated carbocycles. The molecule has 1 aromatic rings. The summed E-state index contributed by atoms with van der Waals surface area (Å²) < 4.78 is 9.53. The largest absolute Gasteiger partial charge is 0.481 e. The summed E-state index contributed by atoms with van der Waals surface area (Å²) in [5.41, 5.74) is 0.688. The monoisotopic (exact) mass is 224 g/mol. The topological polar surface area (TPSA) is 72.8 Å². The van der Waals surface area contributed by atoms with Crippen LogP contribution in [-0.2, 0) is 9.53 Å². The van der Waals surface area contributed by atoms with Gasteiger partial charge >= 0.3 is 11.9 Å². The third-order valence-electron chi connectivity index (χ3n) is 2.00. The van der Waals surface area contributed by atoms with Gasteiger partial charge in [0.2, 0.25) is 0 Å². The first kappa shape index (κ1) is 12.0. The molecule has 1 N–H and O–H groups in total. The highest BCUT2D eigenvalue weighted by Gasteiger charge is 2.14. The first-order valence-corrected chi connectivity index (χ1v) is 4.58. The van der Waals surface area contributed by atoms with Crippen molar-refractivity contribution in [3.8, 4) is 5.75 Å². The van der Waals surface area contributed by atoms with Crippen molar-refractivity contribution in [3.63, 3.8) is 0 Å². The summed E-state index contributed by atoms with van der Waals surface area (Å²) in [6, 6.07) is 4.74. The van der Waals surface area contributed by atoms with E-state index in [-0.39, 0.29) is 17.9 Å². The Bertz CT molecular complexity index is 411. The van der Waals surface area contributed by atoms with Crippen molar-refractivity contribution in [2.45, 2.75) is 6.92 Å². The Labute approximate surface area is 92.6 Å². The van der Waals surface area contributed by atoms with E-state index >= 15 is 0 Å². The van der Waals surface area contributed by atoms with Crippen LogP contribution in [0.1, 0.15) is 15.9 Å². The zero-order chi connectivity index (χ0) is 12.1. The molecule has 0 aliphatic heterocycles. The second-order valence-corrected chi connectivity index (χ2v) is 3.12. The summed E-state index contributed by atoms with van der Waals surface area (Å²) in [5, 5.41) is 8.92. The quantitative estimate of drug-likeness (QED) is 0.779. The van der Waals surface area contributed by atoms with Crippen LogP contribution in [0.15, 0.2) is 18.2 Å². The molecular weight excluding hydrogens is 212 g/mol. The maximum atomic E-state index is 10.9. The fraction of sp³-hybridized carbons (Fsp3) is 0.273.